The maximum atomic E-state index is 7.13. The van der Waals surface area contributed by atoms with Gasteiger partial charge in [-0.25, -0.2) is 15.8 Å². The molecule has 56 valence electrons. The van der Waals surface area contributed by atoms with Gasteiger partial charge in [-0.3, -0.25) is 0 Å². The van der Waals surface area contributed by atoms with Crippen LogP contribution in [0.15, 0.2) is 0 Å². The zero-order chi connectivity index (χ0) is 8.12. The van der Waals surface area contributed by atoms with Gasteiger partial charge in [0.2, 0.25) is 0 Å². The summed E-state index contributed by atoms with van der Waals surface area (Å²) in [5, 5.41) is 25.4. The summed E-state index contributed by atoms with van der Waals surface area (Å²) in [4.78, 5) is 0. The second-order valence-electron chi connectivity index (χ2n) is 0.274. The minimum Gasteiger partial charge on any atom is -0.696 e. The number of nitriles is 3. The molecular weight excluding hydrogens is 339 g/mol. The minimum absolute atomic E-state index is 0. The molecule has 0 atom stereocenters. The molecule has 0 amide bonds. The SMILES string of the molecule is N#C[S-].N#C[S-].N#C[S-].[Ho+3]. The van der Waals surface area contributed by atoms with Crippen molar-refractivity contribution in [1.82, 2.24) is 0 Å². The van der Waals surface area contributed by atoms with Crippen molar-refractivity contribution in [3.63, 3.8) is 0 Å². The van der Waals surface area contributed by atoms with Crippen LogP contribution in [0.3, 0.4) is 0 Å². The van der Waals surface area contributed by atoms with Gasteiger partial charge in [0.15, 0.2) is 0 Å². The summed E-state index contributed by atoms with van der Waals surface area (Å²) >= 11 is 11.1. The van der Waals surface area contributed by atoms with E-state index in [-0.39, 0.29) is 37.7 Å². The van der Waals surface area contributed by atoms with Crippen molar-refractivity contribution in [2.45, 2.75) is 0 Å². The standard InChI is InChI=1S/3CHNS.Ho/c3*2-1-3;/h3*3H;/q;;;+3/p-3. The summed E-state index contributed by atoms with van der Waals surface area (Å²) in [7, 11) is 0. The fourth-order valence-electron chi connectivity index (χ4n) is 0. The summed E-state index contributed by atoms with van der Waals surface area (Å²) in [5.41, 5.74) is 0. The summed E-state index contributed by atoms with van der Waals surface area (Å²) in [6, 6.07) is 0. The first kappa shape index (κ1) is 22.4. The fourth-order valence-corrected chi connectivity index (χ4v) is 0. The van der Waals surface area contributed by atoms with E-state index in [1.54, 1.807) is 0 Å². The molecule has 0 bridgehead atoms. The molecule has 0 aromatic heterocycles. The van der Waals surface area contributed by atoms with E-state index < -0.39 is 0 Å². The monoisotopic (exact) mass is 339 g/mol. The van der Waals surface area contributed by atoms with Crippen LogP contribution >= 0.6 is 0 Å². The van der Waals surface area contributed by atoms with Gasteiger partial charge in [-0.05, 0) is 0 Å². The number of hydrogen-bond donors (Lipinski definition) is 0. The molecule has 0 aliphatic heterocycles. The molecular formula is C3HoN3S3. The van der Waals surface area contributed by atoms with Crippen molar-refractivity contribution in [3.05, 3.63) is 0 Å². The van der Waals surface area contributed by atoms with Crippen LogP contribution in [0.5, 0.6) is 0 Å². The normalized spacial score (nSPS) is 2.10. The summed E-state index contributed by atoms with van der Waals surface area (Å²) < 4.78 is 0. The Morgan fingerprint density at radius 2 is 0.700 bits per heavy atom. The Kier molecular flexibility index (Phi) is 129. The summed E-state index contributed by atoms with van der Waals surface area (Å²) in [6.07, 6.45) is 0. The molecule has 0 spiro atoms. The molecule has 0 aliphatic carbocycles. The van der Waals surface area contributed by atoms with E-state index in [9.17, 15) is 0 Å². The van der Waals surface area contributed by atoms with Crippen LogP contribution in [-0.2, 0) is 37.9 Å². The molecule has 0 saturated heterocycles. The van der Waals surface area contributed by atoms with Crippen LogP contribution in [0, 0.1) is 69.7 Å². The van der Waals surface area contributed by atoms with E-state index in [1.165, 1.54) is 16.2 Å². The van der Waals surface area contributed by atoms with Crippen LogP contribution in [0.2, 0.25) is 0 Å². The molecule has 0 aromatic carbocycles. The topological polar surface area (TPSA) is 71.4 Å². The van der Waals surface area contributed by atoms with Crippen LogP contribution in [0.4, 0.5) is 0 Å². The first-order chi connectivity index (χ1) is 4.24. The van der Waals surface area contributed by atoms with Crippen molar-refractivity contribution >= 4 is 37.9 Å². The molecule has 0 N–H and O–H groups in total. The van der Waals surface area contributed by atoms with Gasteiger partial charge >= 0.3 is 37.7 Å². The molecule has 10 heavy (non-hydrogen) atoms. The summed E-state index contributed by atoms with van der Waals surface area (Å²) in [6.45, 7) is 0. The van der Waals surface area contributed by atoms with Crippen LogP contribution in [0.25, 0.3) is 0 Å². The van der Waals surface area contributed by atoms with Gasteiger partial charge in [0.25, 0.3) is 0 Å². The predicted octanol–water partition coefficient (Wildman–Crippen LogP) is 0.0431. The third kappa shape index (κ3) is 3020. The predicted molar refractivity (Wildman–Crippen MR) is 38.9 cm³/mol. The maximum Gasteiger partial charge on any atom is 3.00 e. The van der Waals surface area contributed by atoms with E-state index in [1.807, 2.05) is 0 Å². The molecule has 7 heteroatoms. The van der Waals surface area contributed by atoms with E-state index >= 15 is 0 Å². The van der Waals surface area contributed by atoms with E-state index in [0.717, 1.165) is 0 Å². The molecule has 0 unspecified atom stereocenters. The third-order valence-corrected chi connectivity index (χ3v) is 0. The Bertz CT molecular complexity index is 112. The maximum absolute atomic E-state index is 7.13. The molecule has 0 radical (unpaired) electrons. The first-order valence-electron chi connectivity index (χ1n) is 1.28. The van der Waals surface area contributed by atoms with Gasteiger partial charge in [-0.15, -0.1) is 0 Å². The molecule has 0 heterocycles. The van der Waals surface area contributed by atoms with E-state index in [4.69, 9.17) is 15.8 Å². The van der Waals surface area contributed by atoms with Crippen LogP contribution in [0.1, 0.15) is 0 Å². The summed E-state index contributed by atoms with van der Waals surface area (Å²) in [5.74, 6) is 0. The van der Waals surface area contributed by atoms with Gasteiger partial charge in [-0.1, -0.05) is 16.2 Å². The zero-order valence-electron chi connectivity index (χ0n) is 4.37. The molecule has 0 saturated carbocycles. The van der Waals surface area contributed by atoms with Gasteiger partial charge in [0, 0.05) is 0 Å². The number of thiocyanates is 3. The van der Waals surface area contributed by atoms with Crippen molar-refractivity contribution in [1.29, 1.82) is 15.8 Å². The Morgan fingerprint density at radius 3 is 0.700 bits per heavy atom. The van der Waals surface area contributed by atoms with Crippen LogP contribution < -0.4 is 0 Å². The molecule has 3 nitrogen and oxygen atoms in total. The van der Waals surface area contributed by atoms with Crippen molar-refractivity contribution in [2.24, 2.45) is 0 Å². The van der Waals surface area contributed by atoms with E-state index in [0.29, 0.717) is 0 Å². The molecule has 0 fully saturated rings. The van der Waals surface area contributed by atoms with Gasteiger partial charge in [-0.2, -0.15) is 0 Å². The Balaban J connectivity index is -0.0000000257. The average Bonchev–Trinajstić information content (AvgIpc) is 1.70. The largest absolute Gasteiger partial charge is 3.00 e. The quantitative estimate of drug-likeness (QED) is 0.353. The molecule has 0 aromatic rings. The third-order valence-electron chi connectivity index (χ3n) is 0. The van der Waals surface area contributed by atoms with Gasteiger partial charge < -0.3 is 37.9 Å². The second-order valence-corrected chi connectivity index (χ2v) is 0.822. The molecule has 0 aliphatic rings. The van der Waals surface area contributed by atoms with E-state index in [2.05, 4.69) is 37.9 Å². The number of hydrogen-bond acceptors (Lipinski definition) is 6. The Labute approximate surface area is 106 Å². The average molecular weight is 339 g/mol. The van der Waals surface area contributed by atoms with Crippen LogP contribution in [-0.4, -0.2) is 0 Å². The van der Waals surface area contributed by atoms with Gasteiger partial charge in [0.05, 0.1) is 0 Å². The zero-order valence-corrected chi connectivity index (χ0v) is 8.75. The van der Waals surface area contributed by atoms with Crippen molar-refractivity contribution in [3.8, 4) is 16.2 Å². The molecule has 0 rings (SSSR count). The fraction of sp³-hybridized carbons (Fsp3) is 0. The number of nitrogens with zero attached hydrogens (tertiary/aromatic N) is 3. The Morgan fingerprint density at radius 1 is 0.700 bits per heavy atom. The van der Waals surface area contributed by atoms with Crippen molar-refractivity contribution < 1.29 is 37.7 Å². The second kappa shape index (κ2) is 57.5. The Hall–Kier alpha value is 0.390. The number of rotatable bonds is 0. The first-order valence-corrected chi connectivity index (χ1v) is 2.51. The smallest absolute Gasteiger partial charge is 0.696 e. The van der Waals surface area contributed by atoms with Crippen molar-refractivity contribution in [2.75, 3.05) is 0 Å². The minimum atomic E-state index is 0. The van der Waals surface area contributed by atoms with Gasteiger partial charge in [0.1, 0.15) is 0 Å².